The highest BCUT2D eigenvalue weighted by Crippen LogP contribution is 2.24. The zero-order valence-corrected chi connectivity index (χ0v) is 10.2. The van der Waals surface area contributed by atoms with Gasteiger partial charge in [0.15, 0.2) is 0 Å². The van der Waals surface area contributed by atoms with E-state index in [0.717, 1.165) is 43.2 Å². The zero-order valence-electron chi connectivity index (χ0n) is 10.2. The molecular weight excluding hydrogens is 228 g/mol. The predicted octanol–water partition coefficient (Wildman–Crippen LogP) is 1.64. The van der Waals surface area contributed by atoms with E-state index in [1.165, 1.54) is 0 Å². The SMILES string of the molecule is C=C1C(c2ccccc2)=NOC1N1CCOCC1. The van der Waals surface area contributed by atoms with Gasteiger partial charge in [0, 0.05) is 24.2 Å². The van der Waals surface area contributed by atoms with Crippen molar-refractivity contribution >= 4 is 5.71 Å². The average molecular weight is 244 g/mol. The second-order valence-electron chi connectivity index (χ2n) is 4.44. The quantitative estimate of drug-likeness (QED) is 0.793. The molecule has 94 valence electrons. The number of oxime groups is 1. The van der Waals surface area contributed by atoms with Crippen molar-refractivity contribution in [2.75, 3.05) is 26.3 Å². The van der Waals surface area contributed by atoms with Crippen LogP contribution >= 0.6 is 0 Å². The van der Waals surface area contributed by atoms with Crippen LogP contribution in [-0.2, 0) is 9.57 Å². The van der Waals surface area contributed by atoms with Crippen LogP contribution in [0.5, 0.6) is 0 Å². The maximum Gasteiger partial charge on any atom is 0.208 e. The van der Waals surface area contributed by atoms with Gasteiger partial charge in [-0.25, -0.2) is 0 Å². The Labute approximate surface area is 106 Å². The number of ether oxygens (including phenoxy) is 1. The van der Waals surface area contributed by atoms with Gasteiger partial charge in [0.25, 0.3) is 0 Å². The minimum Gasteiger partial charge on any atom is -0.379 e. The number of rotatable bonds is 2. The Hall–Kier alpha value is -1.65. The summed E-state index contributed by atoms with van der Waals surface area (Å²) in [5.41, 5.74) is 2.84. The monoisotopic (exact) mass is 244 g/mol. The molecular formula is C14H16N2O2. The molecule has 2 aliphatic rings. The van der Waals surface area contributed by atoms with Crippen LogP contribution in [0, 0.1) is 0 Å². The molecule has 0 radical (unpaired) electrons. The first-order valence-corrected chi connectivity index (χ1v) is 6.16. The molecule has 0 bridgehead atoms. The summed E-state index contributed by atoms with van der Waals surface area (Å²) in [4.78, 5) is 7.74. The summed E-state index contributed by atoms with van der Waals surface area (Å²) in [6.45, 7) is 7.34. The van der Waals surface area contributed by atoms with Crippen molar-refractivity contribution in [3.05, 3.63) is 48.0 Å². The van der Waals surface area contributed by atoms with E-state index in [9.17, 15) is 0 Å². The number of nitrogens with zero attached hydrogens (tertiary/aromatic N) is 2. The Morgan fingerprint density at radius 3 is 2.61 bits per heavy atom. The van der Waals surface area contributed by atoms with E-state index in [-0.39, 0.29) is 6.23 Å². The second-order valence-corrected chi connectivity index (χ2v) is 4.44. The van der Waals surface area contributed by atoms with E-state index in [1.54, 1.807) is 0 Å². The summed E-state index contributed by atoms with van der Waals surface area (Å²) >= 11 is 0. The highest BCUT2D eigenvalue weighted by Gasteiger charge is 2.32. The second kappa shape index (κ2) is 4.92. The van der Waals surface area contributed by atoms with Gasteiger partial charge in [-0.05, 0) is 0 Å². The number of hydrogen-bond donors (Lipinski definition) is 0. The first-order valence-electron chi connectivity index (χ1n) is 6.16. The maximum atomic E-state index is 5.53. The lowest BCUT2D eigenvalue weighted by atomic mass is 10.0. The maximum absolute atomic E-state index is 5.53. The Morgan fingerprint density at radius 2 is 1.89 bits per heavy atom. The molecule has 1 unspecified atom stereocenters. The fraction of sp³-hybridized carbons (Fsp3) is 0.357. The smallest absolute Gasteiger partial charge is 0.208 e. The Morgan fingerprint density at radius 1 is 1.17 bits per heavy atom. The van der Waals surface area contributed by atoms with Crippen molar-refractivity contribution < 1.29 is 9.57 Å². The molecule has 0 amide bonds. The van der Waals surface area contributed by atoms with Crippen molar-refractivity contribution in [3.8, 4) is 0 Å². The van der Waals surface area contributed by atoms with Crippen molar-refractivity contribution in [1.82, 2.24) is 4.90 Å². The molecule has 4 nitrogen and oxygen atoms in total. The first kappa shape index (κ1) is 11.4. The Kier molecular flexibility index (Phi) is 3.13. The average Bonchev–Trinajstić information content (AvgIpc) is 2.83. The summed E-state index contributed by atoms with van der Waals surface area (Å²) in [7, 11) is 0. The summed E-state index contributed by atoms with van der Waals surface area (Å²) in [5.74, 6) is 0. The first-order chi connectivity index (χ1) is 8.86. The lowest BCUT2D eigenvalue weighted by molar-refractivity contribution is -0.0660. The fourth-order valence-corrected chi connectivity index (χ4v) is 2.27. The minimum atomic E-state index is -0.135. The van der Waals surface area contributed by atoms with Crippen LogP contribution in [-0.4, -0.2) is 43.1 Å². The molecule has 18 heavy (non-hydrogen) atoms. The standard InChI is InChI=1S/C14H16N2O2/c1-11-13(12-5-3-2-4-6-12)15-18-14(11)16-7-9-17-10-8-16/h2-6,14H,1,7-10H2. The largest absolute Gasteiger partial charge is 0.379 e. The summed E-state index contributed by atoms with van der Waals surface area (Å²) < 4.78 is 5.34. The van der Waals surface area contributed by atoms with E-state index in [0.29, 0.717) is 0 Å². The van der Waals surface area contributed by atoms with Crippen LogP contribution in [0.4, 0.5) is 0 Å². The third kappa shape index (κ3) is 2.05. The van der Waals surface area contributed by atoms with Gasteiger partial charge in [-0.15, -0.1) is 0 Å². The molecule has 1 aromatic rings. The van der Waals surface area contributed by atoms with Crippen LogP contribution < -0.4 is 0 Å². The third-order valence-corrected chi connectivity index (χ3v) is 3.27. The highest BCUT2D eigenvalue weighted by atomic mass is 16.7. The van der Waals surface area contributed by atoms with E-state index in [2.05, 4.69) is 16.6 Å². The van der Waals surface area contributed by atoms with Gasteiger partial charge in [0.1, 0.15) is 5.71 Å². The van der Waals surface area contributed by atoms with Crippen molar-refractivity contribution in [1.29, 1.82) is 0 Å². The topological polar surface area (TPSA) is 34.1 Å². The molecule has 0 saturated carbocycles. The molecule has 2 heterocycles. The van der Waals surface area contributed by atoms with Crippen LogP contribution in [0.1, 0.15) is 5.56 Å². The summed E-state index contributed by atoms with van der Waals surface area (Å²) in [5, 5.41) is 4.18. The fourth-order valence-electron chi connectivity index (χ4n) is 2.27. The summed E-state index contributed by atoms with van der Waals surface area (Å²) in [6, 6.07) is 10.0. The van der Waals surface area contributed by atoms with E-state index in [4.69, 9.17) is 9.57 Å². The summed E-state index contributed by atoms with van der Waals surface area (Å²) in [6.07, 6.45) is -0.135. The van der Waals surface area contributed by atoms with Crippen LogP contribution in [0.3, 0.4) is 0 Å². The lowest BCUT2D eigenvalue weighted by Crippen LogP contribution is -2.44. The Balaban J connectivity index is 1.75. The third-order valence-electron chi connectivity index (χ3n) is 3.27. The number of morpholine rings is 1. The minimum absolute atomic E-state index is 0.135. The van der Waals surface area contributed by atoms with Crippen LogP contribution in [0.2, 0.25) is 0 Å². The number of benzene rings is 1. The van der Waals surface area contributed by atoms with Gasteiger partial charge in [0.2, 0.25) is 6.23 Å². The molecule has 1 atom stereocenters. The van der Waals surface area contributed by atoms with E-state index in [1.807, 2.05) is 30.3 Å². The van der Waals surface area contributed by atoms with E-state index < -0.39 is 0 Å². The zero-order chi connectivity index (χ0) is 12.4. The molecule has 1 saturated heterocycles. The van der Waals surface area contributed by atoms with Gasteiger partial charge < -0.3 is 9.57 Å². The normalized spacial score (nSPS) is 24.8. The predicted molar refractivity (Wildman–Crippen MR) is 69.4 cm³/mol. The molecule has 0 N–H and O–H groups in total. The van der Waals surface area contributed by atoms with Crippen molar-refractivity contribution in [2.45, 2.75) is 6.23 Å². The van der Waals surface area contributed by atoms with E-state index >= 15 is 0 Å². The molecule has 4 heteroatoms. The van der Waals surface area contributed by atoms with Gasteiger partial charge in [-0.1, -0.05) is 42.1 Å². The van der Waals surface area contributed by atoms with Gasteiger partial charge >= 0.3 is 0 Å². The Bertz CT molecular complexity index is 464. The number of hydrogen-bond acceptors (Lipinski definition) is 4. The van der Waals surface area contributed by atoms with Crippen molar-refractivity contribution in [3.63, 3.8) is 0 Å². The molecule has 2 aliphatic heterocycles. The molecule has 0 aliphatic carbocycles. The molecule has 0 aromatic heterocycles. The highest BCUT2D eigenvalue weighted by molar-refractivity contribution is 6.13. The molecule has 1 aromatic carbocycles. The van der Waals surface area contributed by atoms with Crippen LogP contribution in [0.15, 0.2) is 47.6 Å². The van der Waals surface area contributed by atoms with Crippen LogP contribution in [0.25, 0.3) is 0 Å². The van der Waals surface area contributed by atoms with Gasteiger partial charge in [0.05, 0.1) is 13.2 Å². The van der Waals surface area contributed by atoms with Crippen molar-refractivity contribution in [2.24, 2.45) is 5.16 Å². The molecule has 0 spiro atoms. The molecule has 1 fully saturated rings. The van der Waals surface area contributed by atoms with Gasteiger partial charge in [-0.3, -0.25) is 4.90 Å². The molecule has 3 rings (SSSR count). The lowest BCUT2D eigenvalue weighted by Gasteiger charge is -2.30. The van der Waals surface area contributed by atoms with Gasteiger partial charge in [-0.2, -0.15) is 0 Å².